The van der Waals surface area contributed by atoms with Gasteiger partial charge in [-0.15, -0.1) is 29.8 Å². The Morgan fingerprint density at radius 1 is 0.686 bits per heavy atom. The summed E-state index contributed by atoms with van der Waals surface area (Å²) in [6, 6.07) is 34.5. The molecule has 0 atom stereocenters. The maximum Gasteiger partial charge on any atom is 2.00 e. The summed E-state index contributed by atoms with van der Waals surface area (Å²) in [6.07, 6.45) is 3.57. The van der Waals surface area contributed by atoms with Crippen molar-refractivity contribution in [3.05, 3.63) is 109 Å². The molecule has 3 aromatic carbocycles. The second-order valence-corrected chi connectivity index (χ2v) is 7.99. The molecule has 6 heteroatoms. The van der Waals surface area contributed by atoms with Crippen molar-refractivity contribution in [3.8, 4) is 22.8 Å². The molecule has 0 spiro atoms. The molecule has 0 amide bonds. The van der Waals surface area contributed by atoms with Crippen molar-refractivity contribution in [2.75, 3.05) is 0 Å². The number of pyridine rings is 3. The summed E-state index contributed by atoms with van der Waals surface area (Å²) >= 11 is 0. The first kappa shape index (κ1) is 21.5. The number of rotatable bonds is 3. The van der Waals surface area contributed by atoms with Crippen LogP contribution in [0.5, 0.6) is 11.5 Å². The van der Waals surface area contributed by atoms with E-state index in [1.165, 1.54) is 0 Å². The van der Waals surface area contributed by atoms with Gasteiger partial charge in [-0.2, -0.15) is 0 Å². The molecule has 0 aliphatic carbocycles. The topological polar surface area (TPSA) is 52.3 Å². The minimum atomic E-state index is 0. The predicted octanol–water partition coefficient (Wildman–Crippen LogP) is 6.64. The smallest absolute Gasteiger partial charge is 0.497 e. The Morgan fingerprint density at radius 3 is 2.46 bits per heavy atom. The summed E-state index contributed by atoms with van der Waals surface area (Å²) in [7, 11) is 0. The Bertz CT molecular complexity index is 1850. The van der Waals surface area contributed by atoms with E-state index in [0.29, 0.717) is 11.5 Å². The molecule has 7 aromatic rings. The van der Waals surface area contributed by atoms with Crippen molar-refractivity contribution in [1.29, 1.82) is 0 Å². The van der Waals surface area contributed by atoms with Gasteiger partial charge in [0.15, 0.2) is 0 Å². The summed E-state index contributed by atoms with van der Waals surface area (Å²) < 4.78 is 8.36. The summed E-state index contributed by atoms with van der Waals surface area (Å²) in [5.74, 6) is 1.20. The maximum atomic E-state index is 6.19. The SMILES string of the molecule is [Pt+2].[c-]1c(Oc2[c-]c3c4ncccc4c4nc5ccccc5n4c3cc2)cccc1-c1ccccn1. The number of ether oxygens (including phenoxy) is 1. The quantitative estimate of drug-likeness (QED) is 0.162. The number of nitrogens with zero attached hydrogens (tertiary/aromatic N) is 4. The van der Waals surface area contributed by atoms with Crippen LogP contribution in [-0.4, -0.2) is 19.4 Å². The molecule has 0 N–H and O–H groups in total. The average Bonchev–Trinajstić information content (AvgIpc) is 3.30. The third kappa shape index (κ3) is 3.56. The van der Waals surface area contributed by atoms with Crippen molar-refractivity contribution >= 4 is 38.5 Å². The first-order chi connectivity index (χ1) is 16.8. The van der Waals surface area contributed by atoms with E-state index in [9.17, 15) is 0 Å². The number of hydrogen-bond acceptors (Lipinski definition) is 4. The van der Waals surface area contributed by atoms with E-state index in [1.54, 1.807) is 12.4 Å². The van der Waals surface area contributed by atoms with Gasteiger partial charge in [0.1, 0.15) is 5.65 Å². The van der Waals surface area contributed by atoms with Gasteiger partial charge in [-0.3, -0.25) is 0 Å². The predicted molar refractivity (Wildman–Crippen MR) is 133 cm³/mol. The van der Waals surface area contributed by atoms with Crippen LogP contribution in [0.25, 0.3) is 49.7 Å². The molecule has 0 unspecified atom stereocenters. The molecule has 35 heavy (non-hydrogen) atoms. The Hall–Kier alpha value is -4.08. The standard InChI is InChI=1S/C29H16N4O.Pt/c1-2-12-27-25(11-1)32-29-22-9-6-16-31-28(22)23-18-21(13-14-26(23)33(27)29)34-20-8-5-7-19(17-20)24-10-3-4-15-30-24;/h1-16H;/q-2;+2. The molecule has 0 radical (unpaired) electrons. The van der Waals surface area contributed by atoms with E-state index in [0.717, 1.165) is 49.7 Å². The number of hydrogen-bond donors (Lipinski definition) is 0. The summed E-state index contributed by atoms with van der Waals surface area (Å²) in [4.78, 5) is 14.0. The van der Waals surface area contributed by atoms with Crippen molar-refractivity contribution in [1.82, 2.24) is 19.4 Å². The molecule has 4 aromatic heterocycles. The molecule has 0 saturated heterocycles. The van der Waals surface area contributed by atoms with Gasteiger partial charge in [0, 0.05) is 34.8 Å². The van der Waals surface area contributed by atoms with E-state index in [4.69, 9.17) is 9.72 Å². The summed E-state index contributed by atoms with van der Waals surface area (Å²) in [5, 5.41) is 1.85. The van der Waals surface area contributed by atoms with E-state index in [1.807, 2.05) is 72.8 Å². The van der Waals surface area contributed by atoms with Crippen molar-refractivity contribution in [2.45, 2.75) is 0 Å². The van der Waals surface area contributed by atoms with Crippen LogP contribution >= 0.6 is 0 Å². The Morgan fingerprint density at radius 2 is 1.54 bits per heavy atom. The van der Waals surface area contributed by atoms with Crippen molar-refractivity contribution in [2.24, 2.45) is 0 Å². The van der Waals surface area contributed by atoms with Crippen LogP contribution in [-0.2, 0) is 21.1 Å². The van der Waals surface area contributed by atoms with Gasteiger partial charge in [0.25, 0.3) is 0 Å². The van der Waals surface area contributed by atoms with Crippen LogP contribution < -0.4 is 4.74 Å². The van der Waals surface area contributed by atoms with E-state index >= 15 is 0 Å². The summed E-state index contributed by atoms with van der Waals surface area (Å²) in [6.45, 7) is 0. The first-order valence-corrected chi connectivity index (χ1v) is 11.0. The fourth-order valence-corrected chi connectivity index (χ4v) is 4.43. The third-order valence-electron chi connectivity index (χ3n) is 5.91. The van der Waals surface area contributed by atoms with E-state index < -0.39 is 0 Å². The van der Waals surface area contributed by atoms with Gasteiger partial charge in [-0.1, -0.05) is 53.9 Å². The molecule has 4 heterocycles. The number of fused-ring (bicyclic) bond motifs is 8. The molecule has 0 aliphatic heterocycles. The fourth-order valence-electron chi connectivity index (χ4n) is 4.43. The zero-order valence-corrected chi connectivity index (χ0v) is 20.5. The van der Waals surface area contributed by atoms with Gasteiger partial charge in [0.2, 0.25) is 0 Å². The normalized spacial score (nSPS) is 11.2. The van der Waals surface area contributed by atoms with Crippen LogP contribution in [0.3, 0.4) is 0 Å². The molecule has 0 bridgehead atoms. The second-order valence-electron chi connectivity index (χ2n) is 7.99. The monoisotopic (exact) mass is 631 g/mol. The van der Waals surface area contributed by atoms with Crippen LogP contribution in [0.1, 0.15) is 0 Å². The number of benzene rings is 3. The van der Waals surface area contributed by atoms with Crippen molar-refractivity contribution in [3.63, 3.8) is 0 Å². The third-order valence-corrected chi connectivity index (χ3v) is 5.91. The van der Waals surface area contributed by atoms with Gasteiger partial charge in [-0.05, 0) is 35.5 Å². The van der Waals surface area contributed by atoms with Crippen LogP contribution in [0.15, 0.2) is 97.3 Å². The zero-order valence-electron chi connectivity index (χ0n) is 18.3. The van der Waals surface area contributed by atoms with Crippen LogP contribution in [0.4, 0.5) is 0 Å². The molecule has 168 valence electrons. The maximum absolute atomic E-state index is 6.19. The number of aromatic nitrogens is 4. The largest absolute Gasteiger partial charge is 2.00 e. The molecular formula is C29H16N4OPt. The summed E-state index contributed by atoms with van der Waals surface area (Å²) in [5.41, 5.74) is 6.42. The average molecular weight is 632 g/mol. The molecule has 0 fully saturated rings. The molecule has 0 saturated carbocycles. The van der Waals surface area contributed by atoms with Crippen LogP contribution in [0.2, 0.25) is 0 Å². The molecule has 5 nitrogen and oxygen atoms in total. The van der Waals surface area contributed by atoms with Gasteiger partial charge in [-0.25, -0.2) is 4.98 Å². The van der Waals surface area contributed by atoms with Gasteiger partial charge >= 0.3 is 21.1 Å². The molecule has 0 aliphatic rings. The fraction of sp³-hybridized carbons (Fsp3) is 0. The Labute approximate surface area is 215 Å². The van der Waals surface area contributed by atoms with Gasteiger partial charge < -0.3 is 19.1 Å². The van der Waals surface area contributed by atoms with E-state index in [2.05, 4.69) is 38.6 Å². The van der Waals surface area contributed by atoms with Gasteiger partial charge in [0.05, 0.1) is 11.0 Å². The zero-order chi connectivity index (χ0) is 22.5. The van der Waals surface area contributed by atoms with E-state index in [-0.39, 0.29) is 21.1 Å². The molecular weight excluding hydrogens is 615 g/mol. The Kier molecular flexibility index (Phi) is 5.27. The number of imidazole rings is 1. The number of para-hydroxylation sites is 2. The van der Waals surface area contributed by atoms with Crippen molar-refractivity contribution < 1.29 is 25.8 Å². The minimum absolute atomic E-state index is 0. The molecule has 7 rings (SSSR count). The first-order valence-electron chi connectivity index (χ1n) is 11.0. The minimum Gasteiger partial charge on any atom is -0.497 e. The van der Waals surface area contributed by atoms with Crippen LogP contribution in [0, 0.1) is 12.1 Å². The second kappa shape index (κ2) is 8.61. The Balaban J connectivity index is 0.00000229.